The zero-order chi connectivity index (χ0) is 15.8. The fourth-order valence-corrected chi connectivity index (χ4v) is 2.93. The Morgan fingerprint density at radius 2 is 1.95 bits per heavy atom. The third-order valence-electron chi connectivity index (χ3n) is 3.70. The zero-order valence-electron chi connectivity index (χ0n) is 13.7. The van der Waals surface area contributed by atoms with Gasteiger partial charge in [-0.2, -0.15) is 0 Å². The smallest absolute Gasteiger partial charge is 0.125 e. The Hall–Kier alpha value is -1.42. The van der Waals surface area contributed by atoms with Crippen LogP contribution in [0.15, 0.2) is 18.2 Å². The molecule has 2 rings (SSSR count). The highest BCUT2D eigenvalue weighted by molar-refractivity contribution is 5.76. The summed E-state index contributed by atoms with van der Waals surface area (Å²) in [5.74, 6) is 0.932. The second kappa shape index (κ2) is 5.76. The number of rotatable bonds is 4. The van der Waals surface area contributed by atoms with Crippen molar-refractivity contribution < 1.29 is 4.39 Å². The normalized spacial score (nSPS) is 14.1. The molecule has 4 heteroatoms. The average molecular weight is 291 g/mol. The van der Waals surface area contributed by atoms with E-state index in [1.165, 1.54) is 6.07 Å². The van der Waals surface area contributed by atoms with Gasteiger partial charge in [-0.1, -0.05) is 20.8 Å². The molecule has 0 amide bonds. The Balaban J connectivity index is 2.58. The molecule has 1 unspecified atom stereocenters. The highest BCUT2D eigenvalue weighted by Gasteiger charge is 2.25. The van der Waals surface area contributed by atoms with Gasteiger partial charge in [0.25, 0.3) is 0 Å². The summed E-state index contributed by atoms with van der Waals surface area (Å²) in [6.07, 6.45) is 0.960. The average Bonchev–Trinajstić information content (AvgIpc) is 2.73. The predicted molar refractivity (Wildman–Crippen MR) is 85.9 cm³/mol. The largest absolute Gasteiger partial charge is 0.330 e. The quantitative estimate of drug-likeness (QED) is 0.916. The molecule has 0 radical (unpaired) electrons. The molecule has 0 aliphatic rings. The molecule has 1 aromatic carbocycles. The number of aromatic nitrogens is 2. The molecule has 2 N–H and O–H groups in total. The molecule has 0 saturated heterocycles. The molecule has 0 fully saturated rings. The molecule has 2 aromatic rings. The van der Waals surface area contributed by atoms with Crippen LogP contribution in [0.5, 0.6) is 0 Å². The van der Waals surface area contributed by atoms with Crippen LogP contribution in [0, 0.1) is 11.2 Å². The molecule has 0 aliphatic heterocycles. The van der Waals surface area contributed by atoms with Gasteiger partial charge in [-0.3, -0.25) is 0 Å². The van der Waals surface area contributed by atoms with Gasteiger partial charge in [0.15, 0.2) is 0 Å². The van der Waals surface area contributed by atoms with Gasteiger partial charge in [-0.05, 0) is 43.9 Å². The summed E-state index contributed by atoms with van der Waals surface area (Å²) in [7, 11) is 0. The lowest BCUT2D eigenvalue weighted by Crippen LogP contribution is -2.23. The molecule has 0 saturated carbocycles. The van der Waals surface area contributed by atoms with Crippen molar-refractivity contribution in [1.82, 2.24) is 9.55 Å². The summed E-state index contributed by atoms with van der Waals surface area (Å²) >= 11 is 0. The lowest BCUT2D eigenvalue weighted by molar-refractivity contribution is 0.329. The Kier molecular flexibility index (Phi) is 4.38. The Bertz CT molecular complexity index is 623. The molecule has 1 atom stereocenters. The first-order chi connectivity index (χ1) is 9.73. The van der Waals surface area contributed by atoms with E-state index in [0.717, 1.165) is 23.3 Å². The van der Waals surface area contributed by atoms with Crippen molar-refractivity contribution in [3.63, 3.8) is 0 Å². The molecule has 21 heavy (non-hydrogen) atoms. The van der Waals surface area contributed by atoms with E-state index in [9.17, 15) is 4.39 Å². The van der Waals surface area contributed by atoms with Crippen LogP contribution in [0.25, 0.3) is 11.0 Å². The fourth-order valence-electron chi connectivity index (χ4n) is 2.93. The van der Waals surface area contributed by atoms with E-state index in [4.69, 9.17) is 10.7 Å². The van der Waals surface area contributed by atoms with Gasteiger partial charge in [0.1, 0.15) is 11.6 Å². The molecule has 3 nitrogen and oxygen atoms in total. The molecule has 1 aromatic heterocycles. The van der Waals surface area contributed by atoms with Gasteiger partial charge >= 0.3 is 0 Å². The van der Waals surface area contributed by atoms with Gasteiger partial charge in [-0.15, -0.1) is 0 Å². The van der Waals surface area contributed by atoms with Crippen LogP contribution in [-0.2, 0) is 0 Å². The summed E-state index contributed by atoms with van der Waals surface area (Å²) < 4.78 is 15.7. The van der Waals surface area contributed by atoms with E-state index in [1.807, 2.05) is 0 Å². The van der Waals surface area contributed by atoms with E-state index < -0.39 is 0 Å². The van der Waals surface area contributed by atoms with E-state index in [-0.39, 0.29) is 23.2 Å². The number of benzene rings is 1. The molecule has 116 valence electrons. The van der Waals surface area contributed by atoms with E-state index in [0.29, 0.717) is 6.54 Å². The summed E-state index contributed by atoms with van der Waals surface area (Å²) in [6.45, 7) is 11.4. The molecular weight excluding hydrogens is 265 g/mol. The predicted octanol–water partition coefficient (Wildman–Crippen LogP) is 4.23. The Labute approximate surface area is 126 Å². The number of fused-ring (bicyclic) bond motifs is 1. The van der Waals surface area contributed by atoms with Crippen LogP contribution in [0.3, 0.4) is 0 Å². The highest BCUT2D eigenvalue weighted by Crippen LogP contribution is 2.33. The van der Waals surface area contributed by atoms with E-state index >= 15 is 0 Å². The van der Waals surface area contributed by atoms with Crippen molar-refractivity contribution in [1.29, 1.82) is 0 Å². The number of hydrogen-bond acceptors (Lipinski definition) is 2. The van der Waals surface area contributed by atoms with Gasteiger partial charge in [0.05, 0.1) is 11.0 Å². The van der Waals surface area contributed by atoms with Crippen LogP contribution < -0.4 is 5.73 Å². The van der Waals surface area contributed by atoms with Gasteiger partial charge in [0.2, 0.25) is 0 Å². The summed E-state index contributed by atoms with van der Waals surface area (Å²) in [6, 6.07) is 5.00. The third kappa shape index (κ3) is 3.43. The minimum atomic E-state index is -0.226. The summed E-state index contributed by atoms with van der Waals surface area (Å²) in [5.41, 5.74) is 7.88. The van der Waals surface area contributed by atoms with E-state index in [2.05, 4.69) is 39.2 Å². The lowest BCUT2D eigenvalue weighted by atomic mass is 9.84. The maximum Gasteiger partial charge on any atom is 0.125 e. The standard InChI is InChI=1S/C17H26FN3/c1-11(2)21-15-8-13(18)6-7-14(15)20-16(21)12(10-19)9-17(3,4)5/h6-8,11-12H,9-10,19H2,1-5H3. The fraction of sp³-hybridized carbons (Fsp3) is 0.588. The van der Waals surface area contributed by atoms with Gasteiger partial charge in [-0.25, -0.2) is 9.37 Å². The van der Waals surface area contributed by atoms with Crippen LogP contribution >= 0.6 is 0 Å². The maximum absolute atomic E-state index is 13.6. The molecule has 1 heterocycles. The lowest BCUT2D eigenvalue weighted by Gasteiger charge is -2.26. The third-order valence-corrected chi connectivity index (χ3v) is 3.70. The zero-order valence-corrected chi connectivity index (χ0v) is 13.7. The minimum absolute atomic E-state index is 0.176. The van der Waals surface area contributed by atoms with Crippen molar-refractivity contribution in [2.75, 3.05) is 6.54 Å². The van der Waals surface area contributed by atoms with Crippen molar-refractivity contribution in [2.24, 2.45) is 11.1 Å². The van der Waals surface area contributed by atoms with Crippen molar-refractivity contribution in [3.8, 4) is 0 Å². The topological polar surface area (TPSA) is 43.8 Å². The van der Waals surface area contributed by atoms with Crippen LogP contribution in [0.2, 0.25) is 0 Å². The second-order valence-electron chi connectivity index (χ2n) is 7.26. The maximum atomic E-state index is 13.6. The number of imidazole rings is 1. The molecular formula is C17H26FN3. The van der Waals surface area contributed by atoms with Crippen molar-refractivity contribution in [2.45, 2.75) is 53.0 Å². The number of nitrogens with two attached hydrogens (primary N) is 1. The van der Waals surface area contributed by atoms with Crippen LogP contribution in [0.1, 0.15) is 58.8 Å². The number of halogens is 1. The van der Waals surface area contributed by atoms with Gasteiger partial charge < -0.3 is 10.3 Å². The minimum Gasteiger partial charge on any atom is -0.330 e. The number of nitrogens with zero attached hydrogens (tertiary/aromatic N) is 2. The first kappa shape index (κ1) is 16.0. The molecule has 0 spiro atoms. The SMILES string of the molecule is CC(C)n1c(C(CN)CC(C)(C)C)nc2ccc(F)cc21. The van der Waals surface area contributed by atoms with Crippen LogP contribution in [-0.4, -0.2) is 16.1 Å². The Morgan fingerprint density at radius 1 is 1.29 bits per heavy atom. The number of hydrogen-bond donors (Lipinski definition) is 1. The van der Waals surface area contributed by atoms with Crippen molar-refractivity contribution >= 4 is 11.0 Å². The Morgan fingerprint density at radius 3 is 2.48 bits per heavy atom. The monoisotopic (exact) mass is 291 g/mol. The van der Waals surface area contributed by atoms with Crippen LogP contribution in [0.4, 0.5) is 4.39 Å². The van der Waals surface area contributed by atoms with Gasteiger partial charge in [0, 0.05) is 18.5 Å². The highest BCUT2D eigenvalue weighted by atomic mass is 19.1. The second-order valence-corrected chi connectivity index (χ2v) is 7.26. The molecule has 0 bridgehead atoms. The van der Waals surface area contributed by atoms with Crippen molar-refractivity contribution in [3.05, 3.63) is 29.8 Å². The molecule has 0 aliphatic carbocycles. The summed E-state index contributed by atoms with van der Waals surface area (Å²) in [5, 5.41) is 0. The summed E-state index contributed by atoms with van der Waals surface area (Å²) in [4.78, 5) is 4.75. The first-order valence-corrected chi connectivity index (χ1v) is 7.60. The first-order valence-electron chi connectivity index (χ1n) is 7.60. The van der Waals surface area contributed by atoms with E-state index in [1.54, 1.807) is 12.1 Å².